The third-order valence-corrected chi connectivity index (χ3v) is 2.83. The van der Waals surface area contributed by atoms with E-state index in [1.807, 2.05) is 32.0 Å². The normalized spacial score (nSPS) is 12.0. The SMILES string of the molecule is CC(=O)NCCNCC(O)COc1cc(C)ccc1C. The van der Waals surface area contributed by atoms with E-state index < -0.39 is 6.10 Å². The Hall–Kier alpha value is -1.59. The molecule has 112 valence electrons. The maximum absolute atomic E-state index is 10.7. The number of aryl methyl sites for hydroxylation is 2. The number of amides is 1. The molecule has 0 aromatic heterocycles. The van der Waals surface area contributed by atoms with Crippen molar-refractivity contribution in [3.63, 3.8) is 0 Å². The van der Waals surface area contributed by atoms with E-state index in [0.717, 1.165) is 16.9 Å². The molecular formula is C15H24N2O3. The van der Waals surface area contributed by atoms with Crippen LogP contribution in [0.4, 0.5) is 0 Å². The van der Waals surface area contributed by atoms with Crippen LogP contribution in [0.3, 0.4) is 0 Å². The molecule has 5 heteroatoms. The highest BCUT2D eigenvalue weighted by atomic mass is 16.5. The minimum Gasteiger partial charge on any atom is -0.491 e. The lowest BCUT2D eigenvalue weighted by molar-refractivity contribution is -0.118. The molecule has 0 spiro atoms. The number of benzene rings is 1. The second kappa shape index (κ2) is 8.55. The first kappa shape index (κ1) is 16.5. The Kier molecular flexibility index (Phi) is 7.04. The van der Waals surface area contributed by atoms with E-state index in [-0.39, 0.29) is 12.5 Å². The Labute approximate surface area is 120 Å². The third kappa shape index (κ3) is 6.54. The van der Waals surface area contributed by atoms with Crippen LogP contribution in [-0.4, -0.2) is 43.4 Å². The molecule has 0 saturated heterocycles. The number of rotatable bonds is 8. The molecule has 0 aliphatic rings. The number of carbonyl (C=O) groups is 1. The zero-order valence-corrected chi connectivity index (χ0v) is 12.4. The molecule has 1 amide bonds. The first-order valence-electron chi connectivity index (χ1n) is 6.82. The molecule has 0 fully saturated rings. The molecule has 1 rings (SSSR count). The third-order valence-electron chi connectivity index (χ3n) is 2.83. The first-order chi connectivity index (χ1) is 9.49. The molecule has 0 bridgehead atoms. The predicted octanol–water partition coefficient (Wildman–Crippen LogP) is 0.769. The van der Waals surface area contributed by atoms with Gasteiger partial charge in [-0.1, -0.05) is 12.1 Å². The molecule has 0 saturated carbocycles. The molecule has 0 radical (unpaired) electrons. The highest BCUT2D eigenvalue weighted by Gasteiger charge is 2.06. The zero-order valence-electron chi connectivity index (χ0n) is 12.4. The molecular weight excluding hydrogens is 256 g/mol. The van der Waals surface area contributed by atoms with Gasteiger partial charge >= 0.3 is 0 Å². The van der Waals surface area contributed by atoms with Gasteiger partial charge in [-0.25, -0.2) is 0 Å². The minimum absolute atomic E-state index is 0.0504. The predicted molar refractivity (Wildman–Crippen MR) is 79.0 cm³/mol. The van der Waals surface area contributed by atoms with Gasteiger partial charge in [0, 0.05) is 26.6 Å². The van der Waals surface area contributed by atoms with Gasteiger partial charge in [0.1, 0.15) is 18.5 Å². The Morgan fingerprint density at radius 2 is 2.10 bits per heavy atom. The van der Waals surface area contributed by atoms with Crippen molar-refractivity contribution in [1.29, 1.82) is 0 Å². The lowest BCUT2D eigenvalue weighted by Gasteiger charge is -2.15. The van der Waals surface area contributed by atoms with Gasteiger partial charge in [0.25, 0.3) is 0 Å². The number of aliphatic hydroxyl groups is 1. The maximum Gasteiger partial charge on any atom is 0.216 e. The largest absolute Gasteiger partial charge is 0.491 e. The van der Waals surface area contributed by atoms with Gasteiger partial charge in [0.2, 0.25) is 5.91 Å². The summed E-state index contributed by atoms with van der Waals surface area (Å²) in [5.74, 6) is 0.757. The minimum atomic E-state index is -0.577. The van der Waals surface area contributed by atoms with E-state index in [2.05, 4.69) is 10.6 Å². The van der Waals surface area contributed by atoms with Gasteiger partial charge in [-0.05, 0) is 31.0 Å². The van der Waals surface area contributed by atoms with E-state index in [1.54, 1.807) is 0 Å². The van der Waals surface area contributed by atoms with Crippen LogP contribution in [0.25, 0.3) is 0 Å². The summed E-state index contributed by atoms with van der Waals surface area (Å²) in [6, 6.07) is 6.00. The van der Waals surface area contributed by atoms with Crippen LogP contribution in [0, 0.1) is 13.8 Å². The van der Waals surface area contributed by atoms with Crippen molar-refractivity contribution < 1.29 is 14.6 Å². The molecule has 1 aromatic carbocycles. The van der Waals surface area contributed by atoms with Crippen molar-refractivity contribution in [2.45, 2.75) is 26.9 Å². The quantitative estimate of drug-likeness (QED) is 0.615. The highest BCUT2D eigenvalue weighted by Crippen LogP contribution is 2.19. The van der Waals surface area contributed by atoms with Crippen molar-refractivity contribution in [2.24, 2.45) is 0 Å². The van der Waals surface area contributed by atoms with Crippen LogP contribution in [-0.2, 0) is 4.79 Å². The fourth-order valence-corrected chi connectivity index (χ4v) is 1.70. The summed E-state index contributed by atoms with van der Waals surface area (Å²) in [5, 5.41) is 15.5. The average Bonchev–Trinajstić information content (AvgIpc) is 2.39. The Balaban J connectivity index is 2.21. The maximum atomic E-state index is 10.7. The van der Waals surface area contributed by atoms with Crippen molar-refractivity contribution >= 4 is 5.91 Å². The van der Waals surface area contributed by atoms with Crippen molar-refractivity contribution in [3.05, 3.63) is 29.3 Å². The van der Waals surface area contributed by atoms with E-state index in [0.29, 0.717) is 19.6 Å². The second-order valence-corrected chi connectivity index (χ2v) is 4.92. The van der Waals surface area contributed by atoms with Gasteiger partial charge in [-0.15, -0.1) is 0 Å². The van der Waals surface area contributed by atoms with Crippen molar-refractivity contribution in [1.82, 2.24) is 10.6 Å². The van der Waals surface area contributed by atoms with Crippen molar-refractivity contribution in [3.8, 4) is 5.75 Å². The summed E-state index contributed by atoms with van der Waals surface area (Å²) in [6.45, 7) is 7.33. The fraction of sp³-hybridized carbons (Fsp3) is 0.533. The number of aliphatic hydroxyl groups excluding tert-OH is 1. The van der Waals surface area contributed by atoms with E-state index in [1.165, 1.54) is 6.92 Å². The van der Waals surface area contributed by atoms with Crippen molar-refractivity contribution in [2.75, 3.05) is 26.2 Å². The molecule has 1 atom stereocenters. The van der Waals surface area contributed by atoms with Gasteiger partial charge in [0.15, 0.2) is 0 Å². The van der Waals surface area contributed by atoms with E-state index in [4.69, 9.17) is 4.74 Å². The van der Waals surface area contributed by atoms with E-state index in [9.17, 15) is 9.90 Å². The molecule has 20 heavy (non-hydrogen) atoms. The van der Waals surface area contributed by atoms with Gasteiger partial charge < -0.3 is 20.5 Å². The van der Waals surface area contributed by atoms with Crippen LogP contribution < -0.4 is 15.4 Å². The standard InChI is InChI=1S/C15H24N2O3/c1-11-4-5-12(2)15(8-11)20-10-14(19)9-16-6-7-17-13(3)18/h4-5,8,14,16,19H,6-7,9-10H2,1-3H3,(H,17,18). The molecule has 1 aromatic rings. The summed E-state index contributed by atoms with van der Waals surface area (Å²) >= 11 is 0. The lowest BCUT2D eigenvalue weighted by Crippen LogP contribution is -2.36. The van der Waals surface area contributed by atoms with Crippen LogP contribution >= 0.6 is 0 Å². The average molecular weight is 280 g/mol. The van der Waals surface area contributed by atoms with Gasteiger partial charge in [-0.2, -0.15) is 0 Å². The summed E-state index contributed by atoms with van der Waals surface area (Å²) in [5.41, 5.74) is 2.19. The Morgan fingerprint density at radius 3 is 2.80 bits per heavy atom. The zero-order chi connectivity index (χ0) is 15.0. The molecule has 0 aliphatic heterocycles. The summed E-state index contributed by atoms with van der Waals surface area (Å²) < 4.78 is 5.61. The van der Waals surface area contributed by atoms with Crippen LogP contribution in [0.2, 0.25) is 0 Å². The molecule has 3 N–H and O–H groups in total. The van der Waals surface area contributed by atoms with Gasteiger partial charge in [-0.3, -0.25) is 4.79 Å². The van der Waals surface area contributed by atoms with Crippen LogP contribution in [0.1, 0.15) is 18.1 Å². The monoisotopic (exact) mass is 280 g/mol. The smallest absolute Gasteiger partial charge is 0.216 e. The van der Waals surface area contributed by atoms with Crippen LogP contribution in [0.15, 0.2) is 18.2 Å². The summed E-state index contributed by atoms with van der Waals surface area (Å²) in [6.07, 6.45) is -0.577. The number of hydrogen-bond acceptors (Lipinski definition) is 4. The summed E-state index contributed by atoms with van der Waals surface area (Å²) in [4.78, 5) is 10.7. The Morgan fingerprint density at radius 1 is 1.35 bits per heavy atom. The highest BCUT2D eigenvalue weighted by molar-refractivity contribution is 5.72. The topological polar surface area (TPSA) is 70.6 Å². The number of hydrogen-bond donors (Lipinski definition) is 3. The first-order valence-corrected chi connectivity index (χ1v) is 6.82. The molecule has 0 heterocycles. The lowest BCUT2D eigenvalue weighted by atomic mass is 10.1. The number of nitrogens with one attached hydrogen (secondary N) is 2. The molecule has 5 nitrogen and oxygen atoms in total. The second-order valence-electron chi connectivity index (χ2n) is 4.92. The van der Waals surface area contributed by atoms with E-state index >= 15 is 0 Å². The molecule has 0 aliphatic carbocycles. The Bertz CT molecular complexity index is 435. The molecule has 1 unspecified atom stereocenters. The fourth-order valence-electron chi connectivity index (χ4n) is 1.70. The number of carbonyl (C=O) groups excluding carboxylic acids is 1. The number of ether oxygens (including phenoxy) is 1. The summed E-state index contributed by atoms with van der Waals surface area (Å²) in [7, 11) is 0. The van der Waals surface area contributed by atoms with Gasteiger partial charge in [0.05, 0.1) is 0 Å². The van der Waals surface area contributed by atoms with Crippen LogP contribution in [0.5, 0.6) is 5.75 Å².